The summed E-state index contributed by atoms with van der Waals surface area (Å²) in [5, 5.41) is 5.11. The van der Waals surface area contributed by atoms with Crippen LogP contribution in [0.2, 0.25) is 5.02 Å². The molecule has 1 aromatic carbocycles. The molecule has 1 N–H and O–H groups in total. The lowest BCUT2D eigenvalue weighted by Crippen LogP contribution is -2.30. The molecule has 5 nitrogen and oxygen atoms in total. The van der Waals surface area contributed by atoms with E-state index in [4.69, 9.17) is 11.6 Å². The summed E-state index contributed by atoms with van der Waals surface area (Å²) in [5.41, 5.74) is 1.76. The first-order valence-corrected chi connectivity index (χ1v) is 11.9. The number of anilines is 1. The van der Waals surface area contributed by atoms with E-state index in [1.54, 1.807) is 11.4 Å². The van der Waals surface area contributed by atoms with Crippen molar-refractivity contribution in [1.82, 2.24) is 5.32 Å². The molecule has 2 aromatic rings. The molecule has 0 saturated heterocycles. The zero-order valence-electron chi connectivity index (χ0n) is 15.7. The first-order chi connectivity index (χ1) is 13.4. The molecule has 0 fully saturated rings. The Morgan fingerprint density at radius 2 is 1.96 bits per heavy atom. The average molecular weight is 439 g/mol. The second-order valence-electron chi connectivity index (χ2n) is 6.68. The van der Waals surface area contributed by atoms with Gasteiger partial charge in [0.25, 0.3) is 15.9 Å². The van der Waals surface area contributed by atoms with Crippen LogP contribution in [-0.2, 0) is 10.0 Å². The zero-order chi connectivity index (χ0) is 20.1. The molecule has 0 saturated carbocycles. The first kappa shape index (κ1) is 20.9. The van der Waals surface area contributed by atoms with Gasteiger partial charge < -0.3 is 5.32 Å². The van der Waals surface area contributed by atoms with E-state index in [1.807, 2.05) is 0 Å². The third-order valence-corrected chi connectivity index (χ3v) is 7.72. The molecule has 3 rings (SSSR count). The maximum absolute atomic E-state index is 12.9. The van der Waals surface area contributed by atoms with Gasteiger partial charge in [-0.2, -0.15) is 0 Å². The fourth-order valence-corrected chi connectivity index (χ4v) is 5.39. The highest BCUT2D eigenvalue weighted by Gasteiger charge is 2.26. The Labute approximate surface area is 175 Å². The molecule has 0 atom stereocenters. The van der Waals surface area contributed by atoms with Crippen molar-refractivity contribution in [1.29, 1.82) is 0 Å². The zero-order valence-corrected chi connectivity index (χ0v) is 18.0. The largest absolute Gasteiger partial charge is 0.351 e. The molecule has 0 aliphatic heterocycles. The quantitative estimate of drug-likeness (QED) is 0.628. The van der Waals surface area contributed by atoms with E-state index in [0.717, 1.165) is 23.6 Å². The molecular weight excluding hydrogens is 416 g/mol. The number of allylic oxidation sites excluding steroid dienone is 1. The third kappa shape index (κ3) is 4.77. The molecule has 1 aliphatic rings. The Morgan fingerprint density at radius 3 is 2.64 bits per heavy atom. The van der Waals surface area contributed by atoms with E-state index in [9.17, 15) is 13.2 Å². The number of sulfonamides is 1. The van der Waals surface area contributed by atoms with Crippen LogP contribution in [0, 0.1) is 0 Å². The number of nitrogens with zero attached hydrogens (tertiary/aromatic N) is 1. The number of thiophene rings is 1. The smallest absolute Gasteiger partial charge is 0.264 e. The number of nitrogens with one attached hydrogen (secondary N) is 1. The maximum atomic E-state index is 12.9. The standard InChI is InChI=1S/C20H23ClN2O3S2/c1-23(28(25,26)17-9-7-16(21)8-10-17)18-12-14-27-19(18)20(24)22-13-11-15-5-3-2-4-6-15/h5,7-10,12,14H,2-4,6,11,13H2,1H3,(H,22,24). The molecule has 1 amide bonds. The summed E-state index contributed by atoms with van der Waals surface area (Å²) in [6, 6.07) is 7.62. The number of carbonyl (C=O) groups excluding carboxylic acids is 1. The minimum Gasteiger partial charge on any atom is -0.351 e. The summed E-state index contributed by atoms with van der Waals surface area (Å²) >= 11 is 7.08. The number of hydrogen-bond donors (Lipinski definition) is 1. The van der Waals surface area contributed by atoms with Crippen molar-refractivity contribution >= 4 is 44.6 Å². The van der Waals surface area contributed by atoms with Crippen LogP contribution in [0.1, 0.15) is 41.8 Å². The van der Waals surface area contributed by atoms with Gasteiger partial charge in [0.15, 0.2) is 0 Å². The average Bonchev–Trinajstić information content (AvgIpc) is 3.18. The van der Waals surface area contributed by atoms with Gasteiger partial charge >= 0.3 is 0 Å². The van der Waals surface area contributed by atoms with Crippen molar-refractivity contribution in [2.45, 2.75) is 37.0 Å². The molecule has 1 aromatic heterocycles. The number of benzene rings is 1. The predicted octanol–water partition coefficient (Wildman–Crippen LogP) is 4.85. The molecule has 28 heavy (non-hydrogen) atoms. The van der Waals surface area contributed by atoms with E-state index in [1.165, 1.54) is 61.1 Å². The molecule has 1 heterocycles. The summed E-state index contributed by atoms with van der Waals surface area (Å²) in [6.07, 6.45) is 7.77. The van der Waals surface area contributed by atoms with Gasteiger partial charge in [-0.25, -0.2) is 8.42 Å². The van der Waals surface area contributed by atoms with Crippen LogP contribution in [-0.4, -0.2) is 27.9 Å². The molecule has 0 spiro atoms. The fraction of sp³-hybridized carbons (Fsp3) is 0.350. The van der Waals surface area contributed by atoms with Crippen LogP contribution >= 0.6 is 22.9 Å². The SMILES string of the molecule is CN(c1ccsc1C(=O)NCCC1=CCCCC1)S(=O)(=O)c1ccc(Cl)cc1. The van der Waals surface area contributed by atoms with Crippen molar-refractivity contribution in [2.24, 2.45) is 0 Å². The summed E-state index contributed by atoms with van der Waals surface area (Å²) < 4.78 is 26.9. The molecule has 0 radical (unpaired) electrons. The molecule has 0 unspecified atom stereocenters. The fourth-order valence-electron chi connectivity index (χ4n) is 3.16. The lowest BCUT2D eigenvalue weighted by molar-refractivity contribution is 0.0958. The highest BCUT2D eigenvalue weighted by atomic mass is 35.5. The monoisotopic (exact) mass is 438 g/mol. The van der Waals surface area contributed by atoms with E-state index >= 15 is 0 Å². The second kappa shape index (κ2) is 9.11. The lowest BCUT2D eigenvalue weighted by atomic mass is 9.97. The number of amides is 1. The summed E-state index contributed by atoms with van der Waals surface area (Å²) in [5.74, 6) is -0.250. The van der Waals surface area contributed by atoms with E-state index < -0.39 is 10.0 Å². The molecule has 150 valence electrons. The summed E-state index contributed by atoms with van der Waals surface area (Å²) in [7, 11) is -2.33. The Kier molecular flexibility index (Phi) is 6.80. The Morgan fingerprint density at radius 1 is 1.21 bits per heavy atom. The van der Waals surface area contributed by atoms with Gasteiger partial charge in [-0.1, -0.05) is 23.3 Å². The normalized spacial score (nSPS) is 14.4. The topological polar surface area (TPSA) is 66.5 Å². The van der Waals surface area contributed by atoms with E-state index in [2.05, 4.69) is 11.4 Å². The van der Waals surface area contributed by atoms with Crippen LogP contribution in [0.25, 0.3) is 0 Å². The second-order valence-corrected chi connectivity index (χ2v) is 10.00. The number of carbonyl (C=O) groups is 1. The van der Waals surface area contributed by atoms with E-state index in [0.29, 0.717) is 22.1 Å². The van der Waals surface area contributed by atoms with Gasteiger partial charge in [-0.3, -0.25) is 9.10 Å². The molecular formula is C20H23ClN2O3S2. The van der Waals surface area contributed by atoms with Crippen molar-refractivity contribution in [3.05, 3.63) is 57.3 Å². The van der Waals surface area contributed by atoms with Gasteiger partial charge in [-0.05, 0) is 67.8 Å². The van der Waals surface area contributed by atoms with Crippen molar-refractivity contribution in [3.63, 3.8) is 0 Å². The number of halogens is 1. The lowest BCUT2D eigenvalue weighted by Gasteiger charge is -2.20. The summed E-state index contributed by atoms with van der Waals surface area (Å²) in [4.78, 5) is 13.1. The van der Waals surface area contributed by atoms with Crippen LogP contribution in [0.5, 0.6) is 0 Å². The Bertz CT molecular complexity index is 966. The Balaban J connectivity index is 1.70. The van der Waals surface area contributed by atoms with Crippen molar-refractivity contribution in [2.75, 3.05) is 17.9 Å². The van der Waals surface area contributed by atoms with Gasteiger partial charge in [0.1, 0.15) is 4.88 Å². The van der Waals surface area contributed by atoms with E-state index in [-0.39, 0.29) is 10.8 Å². The van der Waals surface area contributed by atoms with Crippen molar-refractivity contribution < 1.29 is 13.2 Å². The van der Waals surface area contributed by atoms with Crippen LogP contribution in [0.3, 0.4) is 0 Å². The number of rotatable bonds is 7. The van der Waals surface area contributed by atoms with Gasteiger partial charge in [0.05, 0.1) is 10.6 Å². The summed E-state index contributed by atoms with van der Waals surface area (Å²) in [6.45, 7) is 0.551. The maximum Gasteiger partial charge on any atom is 0.264 e. The first-order valence-electron chi connectivity index (χ1n) is 9.17. The molecule has 0 bridgehead atoms. The predicted molar refractivity (Wildman–Crippen MR) is 115 cm³/mol. The minimum absolute atomic E-state index is 0.126. The Hall–Kier alpha value is -1.83. The molecule has 1 aliphatic carbocycles. The third-order valence-electron chi connectivity index (χ3n) is 4.78. The minimum atomic E-state index is -3.78. The van der Waals surface area contributed by atoms with Gasteiger partial charge in [0.2, 0.25) is 0 Å². The molecule has 8 heteroatoms. The highest BCUT2D eigenvalue weighted by molar-refractivity contribution is 7.92. The van der Waals surface area contributed by atoms with Crippen molar-refractivity contribution in [3.8, 4) is 0 Å². The number of hydrogen-bond acceptors (Lipinski definition) is 4. The van der Waals surface area contributed by atoms with Gasteiger partial charge in [-0.15, -0.1) is 11.3 Å². The highest BCUT2D eigenvalue weighted by Crippen LogP contribution is 2.30. The van der Waals surface area contributed by atoms with Crippen LogP contribution < -0.4 is 9.62 Å². The van der Waals surface area contributed by atoms with Gasteiger partial charge in [0, 0.05) is 18.6 Å². The van der Waals surface area contributed by atoms with Crippen LogP contribution in [0.4, 0.5) is 5.69 Å². The van der Waals surface area contributed by atoms with Crippen LogP contribution in [0.15, 0.2) is 52.3 Å².